The Bertz CT molecular complexity index is 1490. The fourth-order valence-corrected chi connectivity index (χ4v) is 4.02. The van der Waals surface area contributed by atoms with Crippen LogP contribution in [0.25, 0.3) is 16.7 Å². The van der Waals surface area contributed by atoms with Crippen molar-refractivity contribution in [1.29, 1.82) is 0 Å². The van der Waals surface area contributed by atoms with Crippen LogP contribution in [-0.4, -0.2) is 32.3 Å². The number of fused-ring (bicyclic) bond motifs is 4. The van der Waals surface area contributed by atoms with E-state index in [2.05, 4.69) is 27.0 Å². The van der Waals surface area contributed by atoms with E-state index in [4.69, 9.17) is 0 Å². The van der Waals surface area contributed by atoms with Gasteiger partial charge >= 0.3 is 6.18 Å². The van der Waals surface area contributed by atoms with Gasteiger partial charge in [-0.15, -0.1) is 10.2 Å². The van der Waals surface area contributed by atoms with Crippen LogP contribution in [-0.2, 0) is 6.42 Å². The molecule has 0 fully saturated rings. The molecule has 0 unspecified atom stereocenters. The Hall–Kier alpha value is -3.74. The van der Waals surface area contributed by atoms with Crippen LogP contribution in [0, 0.1) is 28.9 Å². The van der Waals surface area contributed by atoms with Crippen LogP contribution < -0.4 is 4.90 Å². The minimum Gasteiger partial charge on any atom is -0.325 e. The lowest BCUT2D eigenvalue weighted by molar-refractivity contribution is -0.190. The number of hydrogen-bond donors (Lipinski definition) is 0. The van der Waals surface area contributed by atoms with Crippen molar-refractivity contribution in [3.05, 3.63) is 59.4 Å². The minimum atomic E-state index is -4.53. The Labute approximate surface area is 191 Å². The van der Waals surface area contributed by atoms with Crippen LogP contribution in [0.3, 0.4) is 0 Å². The molecule has 5 rings (SSSR count). The molecule has 0 radical (unpaired) electrons. The third-order valence-corrected chi connectivity index (χ3v) is 5.96. The normalized spacial score (nSPS) is 14.3. The molecule has 4 aromatic rings. The molecule has 0 saturated heterocycles. The second-order valence-electron chi connectivity index (χ2n) is 8.68. The molecule has 2 aromatic carbocycles. The van der Waals surface area contributed by atoms with Crippen LogP contribution in [0.15, 0.2) is 36.7 Å². The molecule has 2 aromatic heterocycles. The zero-order valence-electron chi connectivity index (χ0n) is 18.2. The lowest BCUT2D eigenvalue weighted by Crippen LogP contribution is -2.30. The van der Waals surface area contributed by atoms with Crippen molar-refractivity contribution in [2.24, 2.45) is 5.41 Å². The molecule has 10 heteroatoms. The standard InChI is InChI=1S/C24H18F5N5/c1-23(2,24(27,28)29)8-7-14-10-16(26)12-20-17(14)4-3-9-33(20)21-18-11-15(25)5-6-19(18)34-13-30-32-22(34)31-21/h5-6,10-13H,3-4,9H2,1-2H3. The fraction of sp³-hybridized carbons (Fsp3) is 0.292. The number of anilines is 2. The van der Waals surface area contributed by atoms with E-state index in [1.165, 1.54) is 24.5 Å². The van der Waals surface area contributed by atoms with Crippen molar-refractivity contribution in [3.63, 3.8) is 0 Å². The van der Waals surface area contributed by atoms with Gasteiger partial charge in [-0.05, 0) is 62.6 Å². The highest BCUT2D eigenvalue weighted by Crippen LogP contribution is 2.40. The molecular formula is C24H18F5N5. The van der Waals surface area contributed by atoms with Gasteiger partial charge in [0.25, 0.3) is 5.78 Å². The molecule has 0 bridgehead atoms. The Morgan fingerprint density at radius 1 is 1.03 bits per heavy atom. The number of rotatable bonds is 1. The number of hydrogen-bond acceptors (Lipinski definition) is 4. The highest BCUT2D eigenvalue weighted by atomic mass is 19.4. The first kappa shape index (κ1) is 22.1. The Balaban J connectivity index is 1.71. The van der Waals surface area contributed by atoms with E-state index >= 15 is 0 Å². The maximum absolute atomic E-state index is 14.7. The van der Waals surface area contributed by atoms with Gasteiger partial charge in [-0.25, -0.2) is 8.78 Å². The molecule has 174 valence electrons. The van der Waals surface area contributed by atoms with E-state index in [0.717, 1.165) is 19.9 Å². The fourth-order valence-electron chi connectivity index (χ4n) is 4.02. The first-order valence-corrected chi connectivity index (χ1v) is 10.5. The average molecular weight is 471 g/mol. The summed E-state index contributed by atoms with van der Waals surface area (Å²) in [6, 6.07) is 6.67. The van der Waals surface area contributed by atoms with Gasteiger partial charge in [0.15, 0.2) is 0 Å². The number of nitrogens with zero attached hydrogens (tertiary/aromatic N) is 5. The van der Waals surface area contributed by atoms with E-state index in [9.17, 15) is 22.0 Å². The zero-order chi connectivity index (χ0) is 24.3. The first-order valence-electron chi connectivity index (χ1n) is 10.5. The molecule has 0 aliphatic carbocycles. The van der Waals surface area contributed by atoms with Gasteiger partial charge in [0, 0.05) is 23.2 Å². The molecule has 5 nitrogen and oxygen atoms in total. The van der Waals surface area contributed by atoms with Gasteiger partial charge in [0.1, 0.15) is 29.2 Å². The zero-order valence-corrected chi connectivity index (χ0v) is 18.2. The summed E-state index contributed by atoms with van der Waals surface area (Å²) in [5, 5.41) is 8.33. The molecule has 1 aliphatic heterocycles. The molecule has 0 N–H and O–H groups in total. The average Bonchev–Trinajstić information content (AvgIpc) is 3.24. The summed E-state index contributed by atoms with van der Waals surface area (Å²) in [7, 11) is 0. The highest BCUT2D eigenvalue weighted by Gasteiger charge is 2.46. The Morgan fingerprint density at radius 2 is 1.82 bits per heavy atom. The van der Waals surface area contributed by atoms with Crippen molar-refractivity contribution >= 4 is 28.2 Å². The summed E-state index contributed by atoms with van der Waals surface area (Å²) in [5.74, 6) is 4.35. The third kappa shape index (κ3) is 3.61. The monoisotopic (exact) mass is 471 g/mol. The molecule has 0 amide bonds. The second kappa shape index (κ2) is 7.65. The number of aromatic nitrogens is 4. The maximum Gasteiger partial charge on any atom is 0.404 e. The molecular weight excluding hydrogens is 453 g/mol. The minimum absolute atomic E-state index is 0.191. The third-order valence-electron chi connectivity index (χ3n) is 5.96. The Kier molecular flexibility index (Phi) is 4.97. The van der Waals surface area contributed by atoms with E-state index in [1.807, 2.05) is 0 Å². The topological polar surface area (TPSA) is 46.3 Å². The van der Waals surface area contributed by atoms with Gasteiger partial charge in [-0.2, -0.15) is 18.2 Å². The van der Waals surface area contributed by atoms with Gasteiger partial charge in [-0.1, -0.05) is 11.8 Å². The molecule has 34 heavy (non-hydrogen) atoms. The number of benzene rings is 2. The molecule has 1 aliphatic rings. The summed E-state index contributed by atoms with van der Waals surface area (Å²) in [6.07, 6.45) is -1.94. The molecule has 0 atom stereocenters. The van der Waals surface area contributed by atoms with E-state index in [1.54, 1.807) is 15.4 Å². The Morgan fingerprint density at radius 3 is 2.59 bits per heavy atom. The summed E-state index contributed by atoms with van der Waals surface area (Å²) in [5.41, 5.74) is -0.403. The lowest BCUT2D eigenvalue weighted by atomic mass is 9.91. The van der Waals surface area contributed by atoms with Crippen LogP contribution in [0.5, 0.6) is 0 Å². The van der Waals surface area contributed by atoms with Crippen LogP contribution in [0.2, 0.25) is 0 Å². The number of alkyl halides is 3. The summed E-state index contributed by atoms with van der Waals surface area (Å²) >= 11 is 0. The summed E-state index contributed by atoms with van der Waals surface area (Å²) < 4.78 is 70.3. The van der Waals surface area contributed by atoms with Gasteiger partial charge < -0.3 is 4.90 Å². The first-order chi connectivity index (χ1) is 16.0. The second-order valence-corrected chi connectivity index (χ2v) is 8.68. The summed E-state index contributed by atoms with van der Waals surface area (Å²) in [6.45, 7) is 2.41. The van der Waals surface area contributed by atoms with Gasteiger partial charge in [0.05, 0.1) is 5.52 Å². The number of halogens is 5. The quantitative estimate of drug-likeness (QED) is 0.269. The maximum atomic E-state index is 14.7. The SMILES string of the molecule is CC(C)(C#Cc1cc(F)cc2c1CCCN2c1nc2nncn2c2ccc(F)cc12)C(F)(F)F. The lowest BCUT2D eigenvalue weighted by Gasteiger charge is -2.32. The van der Waals surface area contributed by atoms with E-state index < -0.39 is 23.2 Å². The summed E-state index contributed by atoms with van der Waals surface area (Å²) in [4.78, 5) is 6.28. The highest BCUT2D eigenvalue weighted by molar-refractivity contribution is 5.94. The van der Waals surface area contributed by atoms with Crippen molar-refractivity contribution in [2.75, 3.05) is 11.4 Å². The van der Waals surface area contributed by atoms with Crippen LogP contribution in [0.1, 0.15) is 31.4 Å². The van der Waals surface area contributed by atoms with Crippen molar-refractivity contribution in [3.8, 4) is 11.8 Å². The smallest absolute Gasteiger partial charge is 0.325 e. The van der Waals surface area contributed by atoms with Crippen molar-refractivity contribution in [2.45, 2.75) is 32.9 Å². The van der Waals surface area contributed by atoms with Crippen LogP contribution >= 0.6 is 0 Å². The van der Waals surface area contributed by atoms with Crippen molar-refractivity contribution < 1.29 is 22.0 Å². The molecule has 3 heterocycles. The molecule has 0 spiro atoms. The molecule has 0 saturated carbocycles. The van der Waals surface area contributed by atoms with Crippen LogP contribution in [0.4, 0.5) is 33.5 Å². The predicted octanol–water partition coefficient (Wildman–Crippen LogP) is 5.58. The van der Waals surface area contributed by atoms with E-state index in [0.29, 0.717) is 47.4 Å². The predicted molar refractivity (Wildman–Crippen MR) is 117 cm³/mol. The van der Waals surface area contributed by atoms with Crippen molar-refractivity contribution in [1.82, 2.24) is 19.6 Å². The van der Waals surface area contributed by atoms with Gasteiger partial charge in [-0.3, -0.25) is 4.40 Å². The van der Waals surface area contributed by atoms with Gasteiger partial charge in [0.2, 0.25) is 0 Å². The largest absolute Gasteiger partial charge is 0.404 e. The van der Waals surface area contributed by atoms with E-state index in [-0.39, 0.29) is 11.3 Å².